The van der Waals surface area contributed by atoms with Crippen LogP contribution >= 0.6 is 0 Å². The first kappa shape index (κ1) is 55.9. The summed E-state index contributed by atoms with van der Waals surface area (Å²) in [7, 11) is 0. The molecular weight excluding hydrogens is 721 g/mol. The van der Waals surface area contributed by atoms with Crippen molar-refractivity contribution >= 4 is 17.9 Å². The Morgan fingerprint density at radius 3 is 0.914 bits per heavy atom. The number of carbonyl (C=O) groups excluding carboxylic acids is 3. The first-order chi connectivity index (χ1) is 28.5. The molecule has 340 valence electrons. The minimum absolute atomic E-state index is 0.0727. The summed E-state index contributed by atoms with van der Waals surface area (Å²) in [6.45, 7) is 6.55. The topological polar surface area (TPSA) is 78.9 Å². The van der Waals surface area contributed by atoms with Crippen LogP contribution < -0.4 is 0 Å². The maximum atomic E-state index is 12.7. The molecule has 6 heteroatoms. The molecule has 0 aromatic rings. The third-order valence-electron chi connectivity index (χ3n) is 11.2. The predicted molar refractivity (Wildman–Crippen MR) is 247 cm³/mol. The molecule has 0 aliphatic rings. The van der Waals surface area contributed by atoms with Gasteiger partial charge in [0.2, 0.25) is 0 Å². The van der Waals surface area contributed by atoms with Gasteiger partial charge in [-0.05, 0) is 64.2 Å². The first-order valence-electron chi connectivity index (χ1n) is 25.3. The molecule has 0 rings (SSSR count). The summed E-state index contributed by atoms with van der Waals surface area (Å²) in [6, 6.07) is 0. The van der Waals surface area contributed by atoms with Gasteiger partial charge in [0.25, 0.3) is 0 Å². The molecule has 0 radical (unpaired) electrons. The highest BCUT2D eigenvalue weighted by Crippen LogP contribution is 2.15. The van der Waals surface area contributed by atoms with Crippen LogP contribution in [0.2, 0.25) is 0 Å². The van der Waals surface area contributed by atoms with Gasteiger partial charge in [-0.25, -0.2) is 0 Å². The Kier molecular flexibility index (Phi) is 45.8. The summed E-state index contributed by atoms with van der Waals surface area (Å²) in [5.74, 6) is -0.886. The van der Waals surface area contributed by atoms with E-state index < -0.39 is 6.10 Å². The van der Waals surface area contributed by atoms with E-state index >= 15 is 0 Å². The van der Waals surface area contributed by atoms with Crippen LogP contribution in [-0.2, 0) is 28.6 Å². The van der Waals surface area contributed by atoms with Crippen LogP contribution in [-0.4, -0.2) is 37.2 Å². The molecule has 58 heavy (non-hydrogen) atoms. The van der Waals surface area contributed by atoms with Gasteiger partial charge in [0.15, 0.2) is 6.10 Å². The van der Waals surface area contributed by atoms with E-state index in [1.165, 1.54) is 167 Å². The van der Waals surface area contributed by atoms with E-state index in [1.807, 2.05) is 0 Å². The zero-order valence-electron chi connectivity index (χ0n) is 38.8. The van der Waals surface area contributed by atoms with Crippen LogP contribution in [0, 0.1) is 0 Å². The highest BCUT2D eigenvalue weighted by molar-refractivity contribution is 5.71. The molecule has 1 unspecified atom stereocenters. The molecule has 0 aromatic heterocycles. The molecule has 0 saturated carbocycles. The summed E-state index contributed by atoms with van der Waals surface area (Å²) >= 11 is 0. The Labute approximate surface area is 360 Å². The van der Waals surface area contributed by atoms with Crippen molar-refractivity contribution in [2.24, 2.45) is 0 Å². The van der Waals surface area contributed by atoms with Crippen LogP contribution in [0.4, 0.5) is 0 Å². The minimum Gasteiger partial charge on any atom is -0.462 e. The fourth-order valence-corrected chi connectivity index (χ4v) is 7.30. The van der Waals surface area contributed by atoms with E-state index in [0.717, 1.165) is 64.2 Å². The number of rotatable bonds is 46. The molecule has 0 heterocycles. The molecule has 0 amide bonds. The molecule has 6 nitrogen and oxygen atoms in total. The lowest BCUT2D eigenvalue weighted by atomic mass is 10.0. The first-order valence-corrected chi connectivity index (χ1v) is 25.3. The lowest BCUT2D eigenvalue weighted by Gasteiger charge is -2.18. The van der Waals surface area contributed by atoms with Crippen LogP contribution in [0.25, 0.3) is 0 Å². The van der Waals surface area contributed by atoms with Crippen molar-refractivity contribution in [3.8, 4) is 0 Å². The molecule has 0 aliphatic carbocycles. The number of unbranched alkanes of at least 4 members (excludes halogenated alkanes) is 31. The fourth-order valence-electron chi connectivity index (χ4n) is 7.30. The number of ether oxygens (including phenoxy) is 3. The summed E-state index contributed by atoms with van der Waals surface area (Å²) in [5.41, 5.74) is 0. The predicted octanol–water partition coefficient (Wildman–Crippen LogP) is 16.4. The van der Waals surface area contributed by atoms with E-state index in [2.05, 4.69) is 45.1 Å². The number of allylic oxidation sites excluding steroid dienone is 4. The van der Waals surface area contributed by atoms with E-state index in [4.69, 9.17) is 14.2 Å². The molecule has 1 atom stereocenters. The van der Waals surface area contributed by atoms with Gasteiger partial charge in [0.05, 0.1) is 0 Å². The standard InChI is InChI=1S/C52H96O6/c1-4-7-10-13-16-18-20-21-22-23-24-25-26-27-28-29-30-31-33-34-36-39-42-45-51(54)57-48-49(47-56-50(53)44-41-38-15-12-9-6-3)58-52(55)46-43-40-37-35-32-19-17-14-11-8-5-2/h14,17,23-24,49H,4-13,15-16,18-22,25-48H2,1-3H3/b17-14-,24-23-. The Hall–Kier alpha value is -2.11. The van der Waals surface area contributed by atoms with E-state index in [1.54, 1.807) is 0 Å². The van der Waals surface area contributed by atoms with E-state index in [0.29, 0.717) is 19.3 Å². The van der Waals surface area contributed by atoms with Crippen molar-refractivity contribution in [1.29, 1.82) is 0 Å². The zero-order chi connectivity index (χ0) is 42.3. The monoisotopic (exact) mass is 817 g/mol. The third-order valence-corrected chi connectivity index (χ3v) is 11.2. The van der Waals surface area contributed by atoms with Crippen molar-refractivity contribution in [2.75, 3.05) is 13.2 Å². The Morgan fingerprint density at radius 1 is 0.328 bits per heavy atom. The van der Waals surface area contributed by atoms with Crippen molar-refractivity contribution < 1.29 is 28.6 Å². The van der Waals surface area contributed by atoms with Crippen molar-refractivity contribution in [2.45, 2.75) is 277 Å². The quantitative estimate of drug-likeness (QED) is 0.0263. The minimum atomic E-state index is -0.768. The Balaban J connectivity index is 4.08. The molecule has 0 saturated heterocycles. The smallest absolute Gasteiger partial charge is 0.306 e. The fraction of sp³-hybridized carbons (Fsp3) is 0.865. The largest absolute Gasteiger partial charge is 0.462 e. The van der Waals surface area contributed by atoms with Crippen LogP contribution in [0.3, 0.4) is 0 Å². The lowest BCUT2D eigenvalue weighted by molar-refractivity contribution is -0.167. The lowest BCUT2D eigenvalue weighted by Crippen LogP contribution is -2.30. The second-order valence-corrected chi connectivity index (χ2v) is 17.1. The van der Waals surface area contributed by atoms with Gasteiger partial charge in [-0.3, -0.25) is 14.4 Å². The molecule has 0 fully saturated rings. The zero-order valence-corrected chi connectivity index (χ0v) is 38.8. The SMILES string of the molecule is CCCC/C=C\CCCCCCCC(=O)OC(COC(=O)CCCCCCCC)COC(=O)CCCCCCCCCCCCC/C=C\CCCCCCCCCC. The van der Waals surface area contributed by atoms with Crippen molar-refractivity contribution in [3.63, 3.8) is 0 Å². The van der Waals surface area contributed by atoms with Crippen molar-refractivity contribution in [1.82, 2.24) is 0 Å². The van der Waals surface area contributed by atoms with Gasteiger partial charge in [-0.1, -0.05) is 212 Å². The summed E-state index contributed by atoms with van der Waals surface area (Å²) in [4.78, 5) is 37.6. The molecule has 0 N–H and O–H groups in total. The van der Waals surface area contributed by atoms with E-state index in [9.17, 15) is 14.4 Å². The summed E-state index contributed by atoms with van der Waals surface area (Å²) in [6.07, 6.45) is 53.4. The second kappa shape index (κ2) is 47.6. The highest BCUT2D eigenvalue weighted by Gasteiger charge is 2.19. The van der Waals surface area contributed by atoms with Gasteiger partial charge in [-0.2, -0.15) is 0 Å². The average molecular weight is 817 g/mol. The van der Waals surface area contributed by atoms with Gasteiger partial charge in [0, 0.05) is 19.3 Å². The van der Waals surface area contributed by atoms with Gasteiger partial charge in [-0.15, -0.1) is 0 Å². The van der Waals surface area contributed by atoms with Crippen LogP contribution in [0.1, 0.15) is 271 Å². The normalized spacial score (nSPS) is 12.1. The molecular formula is C52H96O6. The maximum absolute atomic E-state index is 12.7. The second-order valence-electron chi connectivity index (χ2n) is 17.1. The average Bonchev–Trinajstić information content (AvgIpc) is 3.22. The number of carbonyl (C=O) groups is 3. The number of esters is 3. The third kappa shape index (κ3) is 45.0. The summed E-state index contributed by atoms with van der Waals surface area (Å²) in [5, 5.41) is 0. The van der Waals surface area contributed by atoms with Crippen LogP contribution in [0.15, 0.2) is 24.3 Å². The Bertz CT molecular complexity index is 942. The number of hydrogen-bond acceptors (Lipinski definition) is 6. The molecule has 0 aliphatic heterocycles. The molecule has 0 aromatic carbocycles. The van der Waals surface area contributed by atoms with E-state index in [-0.39, 0.29) is 31.1 Å². The summed E-state index contributed by atoms with van der Waals surface area (Å²) < 4.78 is 16.7. The van der Waals surface area contributed by atoms with Crippen LogP contribution in [0.5, 0.6) is 0 Å². The van der Waals surface area contributed by atoms with Crippen molar-refractivity contribution in [3.05, 3.63) is 24.3 Å². The molecule has 0 bridgehead atoms. The van der Waals surface area contributed by atoms with Gasteiger partial charge in [0.1, 0.15) is 13.2 Å². The molecule has 0 spiro atoms. The Morgan fingerprint density at radius 2 is 0.586 bits per heavy atom. The highest BCUT2D eigenvalue weighted by atomic mass is 16.6. The van der Waals surface area contributed by atoms with Gasteiger partial charge >= 0.3 is 17.9 Å². The number of hydrogen-bond donors (Lipinski definition) is 0. The van der Waals surface area contributed by atoms with Gasteiger partial charge < -0.3 is 14.2 Å². The maximum Gasteiger partial charge on any atom is 0.306 e.